The third-order valence-electron chi connectivity index (χ3n) is 0.348. The summed E-state index contributed by atoms with van der Waals surface area (Å²) in [6, 6.07) is 0. The minimum absolute atomic E-state index is 0. The maximum absolute atomic E-state index is 9.91. The van der Waals surface area contributed by atoms with Crippen LogP contribution in [0.1, 0.15) is 13.8 Å². The molecule has 0 aromatic rings. The molecule has 0 saturated heterocycles. The van der Waals surface area contributed by atoms with Gasteiger partial charge in [0.15, 0.2) is 0 Å². The molecule has 0 unspecified atom stereocenters. The van der Waals surface area contributed by atoms with E-state index in [9.17, 15) is 4.57 Å². The fraction of sp³-hybridized carbons (Fsp3) is 1.00. The third kappa shape index (κ3) is 16.9. The van der Waals surface area contributed by atoms with Gasteiger partial charge >= 0.3 is 83.3 Å². The average Bonchev–Trinajstić information content (AvgIpc) is 1.21. The van der Waals surface area contributed by atoms with E-state index in [1.54, 1.807) is 13.8 Å². The summed E-state index contributed by atoms with van der Waals surface area (Å²) in [6.45, 7) is 3.11. The molecule has 0 atom stereocenters. The molecule has 0 bridgehead atoms. The SMILES string of the molecule is CC(C)OP(=O)(O)O.[CaH2].[CaH2]. The van der Waals surface area contributed by atoms with Gasteiger partial charge in [-0.15, -0.1) is 0 Å². The number of hydrogen-bond acceptors (Lipinski definition) is 2. The van der Waals surface area contributed by atoms with Gasteiger partial charge in [-0.05, 0) is 13.8 Å². The van der Waals surface area contributed by atoms with Crippen LogP contribution in [0.3, 0.4) is 0 Å². The van der Waals surface area contributed by atoms with Crippen molar-refractivity contribution in [2.45, 2.75) is 20.0 Å². The van der Waals surface area contributed by atoms with Crippen LogP contribution in [0.2, 0.25) is 0 Å². The van der Waals surface area contributed by atoms with E-state index >= 15 is 0 Å². The Labute approximate surface area is 120 Å². The number of phosphoric ester groups is 1. The molecule has 0 aliphatic heterocycles. The van der Waals surface area contributed by atoms with Crippen LogP contribution >= 0.6 is 7.82 Å². The van der Waals surface area contributed by atoms with Gasteiger partial charge in [-0.2, -0.15) is 0 Å². The Bertz CT molecular complexity index is 111. The first-order valence-corrected chi connectivity index (χ1v) is 3.69. The summed E-state index contributed by atoms with van der Waals surface area (Å²) in [5, 5.41) is 0. The third-order valence-corrected chi connectivity index (χ3v) is 1.04. The zero-order chi connectivity index (χ0) is 6.78. The van der Waals surface area contributed by atoms with Crippen molar-refractivity contribution >= 4 is 83.3 Å². The van der Waals surface area contributed by atoms with Crippen LogP contribution in [0.4, 0.5) is 0 Å². The molecule has 0 aromatic heterocycles. The Balaban J connectivity index is -0.000000245. The van der Waals surface area contributed by atoms with Crippen molar-refractivity contribution in [2.75, 3.05) is 0 Å². The van der Waals surface area contributed by atoms with Gasteiger partial charge in [-0.3, -0.25) is 4.52 Å². The number of rotatable bonds is 2. The summed E-state index contributed by atoms with van der Waals surface area (Å²) in [6.07, 6.45) is -0.421. The summed E-state index contributed by atoms with van der Waals surface area (Å²) in [7, 11) is -4.22. The molecule has 10 heavy (non-hydrogen) atoms. The molecule has 0 aromatic carbocycles. The van der Waals surface area contributed by atoms with Crippen molar-refractivity contribution in [3.8, 4) is 0 Å². The van der Waals surface area contributed by atoms with E-state index in [1.165, 1.54) is 0 Å². The Hall–Kier alpha value is 2.63. The predicted molar refractivity (Wildman–Crippen MR) is 45.4 cm³/mol. The summed E-state index contributed by atoms with van der Waals surface area (Å²) in [5.41, 5.74) is 0. The molecule has 0 spiro atoms. The second-order valence-electron chi connectivity index (χ2n) is 1.64. The molecule has 4 nitrogen and oxygen atoms in total. The Kier molecular flexibility index (Phi) is 15.2. The average molecular weight is 224 g/mol. The molecule has 0 fully saturated rings. The first kappa shape index (κ1) is 18.4. The second kappa shape index (κ2) is 8.24. The topological polar surface area (TPSA) is 66.8 Å². The van der Waals surface area contributed by atoms with Crippen LogP contribution in [0.15, 0.2) is 0 Å². The van der Waals surface area contributed by atoms with Gasteiger partial charge in [0.05, 0.1) is 6.10 Å². The van der Waals surface area contributed by atoms with Crippen LogP contribution in [-0.2, 0) is 9.09 Å². The minimum atomic E-state index is -4.22. The van der Waals surface area contributed by atoms with Gasteiger partial charge in [0.1, 0.15) is 0 Å². The number of hydrogen-bond donors (Lipinski definition) is 2. The Morgan fingerprint density at radius 1 is 1.30 bits per heavy atom. The summed E-state index contributed by atoms with van der Waals surface area (Å²) < 4.78 is 14.0. The zero-order valence-corrected chi connectivity index (χ0v) is 5.63. The van der Waals surface area contributed by atoms with E-state index in [4.69, 9.17) is 9.79 Å². The Morgan fingerprint density at radius 3 is 1.60 bits per heavy atom. The molecule has 0 aliphatic carbocycles. The fourth-order valence-corrected chi connectivity index (χ4v) is 0.824. The first-order valence-electron chi connectivity index (χ1n) is 2.16. The first-order chi connectivity index (χ1) is 3.42. The molecule has 7 heteroatoms. The molecular formula is C3H13Ca2O4P. The van der Waals surface area contributed by atoms with Gasteiger partial charge in [0.25, 0.3) is 0 Å². The summed E-state index contributed by atoms with van der Waals surface area (Å²) >= 11 is 0. The standard InChI is InChI=1S/C3H9O4P.2Ca.4H/c1-3(2)7-8(4,5)6;;;;;;/h3H,1-2H3,(H2,4,5,6);;;;;;. The zero-order valence-electron chi connectivity index (χ0n) is 4.74. The van der Waals surface area contributed by atoms with Gasteiger partial charge in [0, 0.05) is 0 Å². The van der Waals surface area contributed by atoms with Crippen LogP contribution < -0.4 is 0 Å². The van der Waals surface area contributed by atoms with Crippen molar-refractivity contribution in [1.82, 2.24) is 0 Å². The molecule has 0 heterocycles. The van der Waals surface area contributed by atoms with E-state index in [2.05, 4.69) is 4.52 Å². The molecule has 58 valence electrons. The molecular weight excluding hydrogens is 211 g/mol. The van der Waals surface area contributed by atoms with Gasteiger partial charge in [0.2, 0.25) is 0 Å². The maximum atomic E-state index is 9.91. The van der Waals surface area contributed by atoms with Crippen LogP contribution in [0.5, 0.6) is 0 Å². The van der Waals surface area contributed by atoms with E-state index in [-0.39, 0.29) is 75.5 Å². The normalized spacial score (nSPS) is 10.1. The monoisotopic (exact) mass is 224 g/mol. The van der Waals surface area contributed by atoms with Gasteiger partial charge < -0.3 is 9.79 Å². The number of phosphoric acid groups is 1. The molecule has 0 radical (unpaired) electrons. The van der Waals surface area contributed by atoms with Crippen LogP contribution in [0, 0.1) is 0 Å². The molecule has 2 N–H and O–H groups in total. The quantitative estimate of drug-likeness (QED) is 0.450. The fourth-order valence-electron chi connectivity index (χ4n) is 0.275. The Morgan fingerprint density at radius 2 is 1.60 bits per heavy atom. The predicted octanol–water partition coefficient (Wildman–Crippen LogP) is -1.33. The van der Waals surface area contributed by atoms with Crippen LogP contribution in [0.25, 0.3) is 0 Å². The van der Waals surface area contributed by atoms with Crippen molar-refractivity contribution in [1.29, 1.82) is 0 Å². The van der Waals surface area contributed by atoms with Crippen LogP contribution in [-0.4, -0.2) is 91.4 Å². The molecule has 0 amide bonds. The van der Waals surface area contributed by atoms with E-state index in [0.717, 1.165) is 0 Å². The molecule has 0 aliphatic rings. The van der Waals surface area contributed by atoms with Gasteiger partial charge in [-0.1, -0.05) is 0 Å². The summed E-state index contributed by atoms with van der Waals surface area (Å²) in [5.74, 6) is 0. The molecule has 0 saturated carbocycles. The van der Waals surface area contributed by atoms with Crippen molar-refractivity contribution in [3.05, 3.63) is 0 Å². The summed E-state index contributed by atoms with van der Waals surface area (Å²) in [4.78, 5) is 16.2. The van der Waals surface area contributed by atoms with E-state index in [0.29, 0.717) is 0 Å². The van der Waals surface area contributed by atoms with Crippen molar-refractivity contribution in [2.24, 2.45) is 0 Å². The molecule has 0 rings (SSSR count). The second-order valence-corrected chi connectivity index (χ2v) is 2.84. The van der Waals surface area contributed by atoms with Crippen molar-refractivity contribution < 1.29 is 18.9 Å². The van der Waals surface area contributed by atoms with E-state index in [1.807, 2.05) is 0 Å². The van der Waals surface area contributed by atoms with Gasteiger partial charge in [-0.25, -0.2) is 4.57 Å². The van der Waals surface area contributed by atoms with Crippen molar-refractivity contribution in [3.63, 3.8) is 0 Å². The van der Waals surface area contributed by atoms with E-state index < -0.39 is 13.9 Å².